The number of rotatable bonds is 7. The van der Waals surface area contributed by atoms with Gasteiger partial charge in [0.25, 0.3) is 0 Å². The number of aliphatic hydroxyl groups excluding tert-OH is 1. The number of hydrogen-bond acceptors (Lipinski definition) is 7. The Labute approximate surface area is 200 Å². The summed E-state index contributed by atoms with van der Waals surface area (Å²) in [5.41, 5.74) is 2.95. The molecule has 3 unspecified atom stereocenters. The SMILES string of the molecule is COc1ccc(C2c3cc(OC)c(OC)cc3CC(C(=O)N3CCOCC3)C2CO)cc1OC. The largest absolute Gasteiger partial charge is 0.493 e. The average molecular weight is 472 g/mol. The van der Waals surface area contributed by atoms with E-state index < -0.39 is 0 Å². The van der Waals surface area contributed by atoms with E-state index in [1.165, 1.54) is 0 Å². The second-order valence-corrected chi connectivity index (χ2v) is 8.59. The summed E-state index contributed by atoms with van der Waals surface area (Å²) in [7, 11) is 6.40. The average Bonchev–Trinajstić information content (AvgIpc) is 2.90. The minimum Gasteiger partial charge on any atom is -0.493 e. The molecule has 0 bridgehead atoms. The highest BCUT2D eigenvalue weighted by Crippen LogP contribution is 2.48. The summed E-state index contributed by atoms with van der Waals surface area (Å²) in [6, 6.07) is 9.67. The second-order valence-electron chi connectivity index (χ2n) is 8.59. The van der Waals surface area contributed by atoms with Crippen molar-refractivity contribution >= 4 is 5.91 Å². The lowest BCUT2D eigenvalue weighted by molar-refractivity contribution is -0.142. The lowest BCUT2D eigenvalue weighted by Gasteiger charge is -2.41. The van der Waals surface area contributed by atoms with Gasteiger partial charge in [0.05, 0.1) is 41.7 Å². The van der Waals surface area contributed by atoms with Gasteiger partial charge in [-0.3, -0.25) is 4.79 Å². The zero-order valence-electron chi connectivity index (χ0n) is 20.2. The number of amides is 1. The summed E-state index contributed by atoms with van der Waals surface area (Å²) in [5.74, 6) is 1.55. The topological polar surface area (TPSA) is 86.7 Å². The molecule has 2 aliphatic rings. The maximum atomic E-state index is 13.7. The molecule has 8 heteroatoms. The molecule has 1 aliphatic carbocycles. The van der Waals surface area contributed by atoms with Crippen LogP contribution in [0.3, 0.4) is 0 Å². The molecule has 0 radical (unpaired) electrons. The van der Waals surface area contributed by atoms with Crippen LogP contribution in [0.15, 0.2) is 30.3 Å². The quantitative estimate of drug-likeness (QED) is 0.664. The number of methoxy groups -OCH3 is 4. The van der Waals surface area contributed by atoms with Gasteiger partial charge in [-0.05, 0) is 47.4 Å². The summed E-state index contributed by atoms with van der Waals surface area (Å²) < 4.78 is 27.6. The van der Waals surface area contributed by atoms with Crippen molar-refractivity contribution in [2.24, 2.45) is 11.8 Å². The van der Waals surface area contributed by atoms with E-state index in [0.717, 1.165) is 16.7 Å². The minimum atomic E-state index is -0.383. The number of benzene rings is 2. The predicted molar refractivity (Wildman–Crippen MR) is 126 cm³/mol. The molecule has 34 heavy (non-hydrogen) atoms. The molecule has 4 rings (SSSR count). The van der Waals surface area contributed by atoms with Gasteiger partial charge in [-0.25, -0.2) is 0 Å². The Hall–Kier alpha value is -2.97. The van der Waals surface area contributed by atoms with Crippen molar-refractivity contribution in [1.29, 1.82) is 0 Å². The number of carbonyl (C=O) groups excluding carboxylic acids is 1. The van der Waals surface area contributed by atoms with Crippen molar-refractivity contribution in [3.8, 4) is 23.0 Å². The maximum Gasteiger partial charge on any atom is 0.226 e. The predicted octanol–water partition coefficient (Wildman–Crippen LogP) is 2.49. The summed E-state index contributed by atoms with van der Waals surface area (Å²) in [5, 5.41) is 10.6. The third-order valence-electron chi connectivity index (χ3n) is 6.98. The number of nitrogens with zero attached hydrogens (tertiary/aromatic N) is 1. The Balaban J connectivity index is 1.85. The Morgan fingerprint density at radius 1 is 0.941 bits per heavy atom. The van der Waals surface area contributed by atoms with Crippen molar-refractivity contribution in [3.05, 3.63) is 47.0 Å². The molecule has 0 saturated carbocycles. The first-order valence-corrected chi connectivity index (χ1v) is 11.5. The summed E-state index contributed by atoms with van der Waals surface area (Å²) in [6.07, 6.45) is 0.515. The van der Waals surface area contributed by atoms with Crippen LogP contribution >= 0.6 is 0 Å². The van der Waals surface area contributed by atoms with Crippen LogP contribution in [0, 0.1) is 11.8 Å². The molecule has 1 fully saturated rings. The van der Waals surface area contributed by atoms with Crippen molar-refractivity contribution in [1.82, 2.24) is 4.90 Å². The molecule has 1 heterocycles. The zero-order chi connectivity index (χ0) is 24.2. The van der Waals surface area contributed by atoms with E-state index in [-0.39, 0.29) is 30.3 Å². The molecule has 2 aromatic rings. The number of morpholine rings is 1. The van der Waals surface area contributed by atoms with Gasteiger partial charge in [-0.15, -0.1) is 0 Å². The van der Waals surface area contributed by atoms with Gasteiger partial charge in [-0.1, -0.05) is 6.07 Å². The Morgan fingerprint density at radius 2 is 1.56 bits per heavy atom. The normalized spacial score (nSPS) is 22.0. The summed E-state index contributed by atoms with van der Waals surface area (Å²) in [4.78, 5) is 15.5. The van der Waals surface area contributed by atoms with Crippen LogP contribution in [-0.2, 0) is 16.0 Å². The van der Waals surface area contributed by atoms with E-state index in [1.54, 1.807) is 28.4 Å². The maximum absolute atomic E-state index is 13.7. The summed E-state index contributed by atoms with van der Waals surface area (Å²) in [6.45, 7) is 2.06. The van der Waals surface area contributed by atoms with Crippen LogP contribution in [0.1, 0.15) is 22.6 Å². The first-order valence-electron chi connectivity index (χ1n) is 11.5. The molecule has 1 N–H and O–H groups in total. The van der Waals surface area contributed by atoms with E-state index in [9.17, 15) is 9.90 Å². The number of aliphatic hydroxyl groups is 1. The van der Waals surface area contributed by atoms with Crippen LogP contribution in [0.25, 0.3) is 0 Å². The highest BCUT2D eigenvalue weighted by Gasteiger charge is 2.43. The Kier molecular flexibility index (Phi) is 7.48. The number of carbonyl (C=O) groups is 1. The Morgan fingerprint density at radius 3 is 2.18 bits per heavy atom. The van der Waals surface area contributed by atoms with Gasteiger partial charge in [-0.2, -0.15) is 0 Å². The fraction of sp³-hybridized carbons (Fsp3) is 0.500. The third kappa shape index (κ3) is 4.40. The lowest BCUT2D eigenvalue weighted by atomic mass is 9.66. The molecular weight excluding hydrogens is 438 g/mol. The molecule has 1 amide bonds. The lowest BCUT2D eigenvalue weighted by Crippen LogP contribution is -2.48. The fourth-order valence-corrected chi connectivity index (χ4v) is 5.25. The number of ether oxygens (including phenoxy) is 5. The molecule has 1 aliphatic heterocycles. The molecule has 0 aromatic heterocycles. The van der Waals surface area contributed by atoms with Crippen LogP contribution in [-0.4, -0.2) is 77.3 Å². The molecule has 184 valence electrons. The molecule has 2 aromatic carbocycles. The molecular formula is C26H33NO7. The van der Waals surface area contributed by atoms with Gasteiger partial charge < -0.3 is 33.7 Å². The van der Waals surface area contributed by atoms with Gasteiger partial charge in [0, 0.05) is 37.5 Å². The standard InChI is InChI=1S/C26H33NO7/c1-30-21-6-5-16(12-22(21)31-2)25-18-14-24(33-4)23(32-3)13-17(18)11-19(20(25)15-28)26(29)27-7-9-34-10-8-27/h5-6,12-14,19-20,25,28H,7-11,15H2,1-4H3. The van der Waals surface area contributed by atoms with E-state index in [4.69, 9.17) is 23.7 Å². The van der Waals surface area contributed by atoms with Crippen molar-refractivity contribution in [3.63, 3.8) is 0 Å². The van der Waals surface area contributed by atoms with E-state index >= 15 is 0 Å². The van der Waals surface area contributed by atoms with Crippen LogP contribution in [0.5, 0.6) is 23.0 Å². The van der Waals surface area contributed by atoms with Gasteiger partial charge >= 0.3 is 0 Å². The second kappa shape index (κ2) is 10.5. The van der Waals surface area contributed by atoms with E-state index in [0.29, 0.717) is 55.7 Å². The molecule has 8 nitrogen and oxygen atoms in total. The van der Waals surface area contributed by atoms with Crippen molar-refractivity contribution in [2.45, 2.75) is 12.3 Å². The molecule has 1 saturated heterocycles. The van der Waals surface area contributed by atoms with E-state index in [1.807, 2.05) is 35.2 Å². The summed E-state index contributed by atoms with van der Waals surface area (Å²) >= 11 is 0. The zero-order valence-corrected chi connectivity index (χ0v) is 20.2. The van der Waals surface area contributed by atoms with Gasteiger partial charge in [0.2, 0.25) is 5.91 Å². The van der Waals surface area contributed by atoms with Crippen LogP contribution in [0.4, 0.5) is 0 Å². The van der Waals surface area contributed by atoms with Crippen molar-refractivity contribution < 1.29 is 33.6 Å². The van der Waals surface area contributed by atoms with Crippen molar-refractivity contribution in [2.75, 3.05) is 61.3 Å². The highest BCUT2D eigenvalue weighted by atomic mass is 16.5. The van der Waals surface area contributed by atoms with E-state index in [2.05, 4.69) is 0 Å². The van der Waals surface area contributed by atoms with Crippen LogP contribution < -0.4 is 18.9 Å². The number of fused-ring (bicyclic) bond motifs is 1. The monoisotopic (exact) mass is 471 g/mol. The molecule has 3 atom stereocenters. The first-order chi connectivity index (χ1) is 16.6. The number of hydrogen-bond donors (Lipinski definition) is 1. The van der Waals surface area contributed by atoms with Gasteiger partial charge in [0.1, 0.15) is 0 Å². The van der Waals surface area contributed by atoms with Crippen LogP contribution in [0.2, 0.25) is 0 Å². The molecule has 0 spiro atoms. The van der Waals surface area contributed by atoms with Gasteiger partial charge in [0.15, 0.2) is 23.0 Å². The smallest absolute Gasteiger partial charge is 0.226 e. The Bertz CT molecular complexity index is 1020. The third-order valence-corrected chi connectivity index (χ3v) is 6.98. The first kappa shape index (κ1) is 24.2. The highest BCUT2D eigenvalue weighted by molar-refractivity contribution is 5.80. The minimum absolute atomic E-state index is 0.0493. The fourth-order valence-electron chi connectivity index (χ4n) is 5.25.